The van der Waals surface area contributed by atoms with E-state index in [0.717, 1.165) is 31.7 Å². The molecule has 1 fully saturated rings. The van der Waals surface area contributed by atoms with Crippen molar-refractivity contribution in [2.45, 2.75) is 58.5 Å². The van der Waals surface area contributed by atoms with Crippen molar-refractivity contribution in [3.8, 4) is 0 Å². The van der Waals surface area contributed by atoms with Crippen LogP contribution >= 0.6 is 0 Å². The fourth-order valence-electron chi connectivity index (χ4n) is 3.25. The molecule has 0 aromatic carbocycles. The first-order chi connectivity index (χ1) is 8.27. The predicted molar refractivity (Wildman–Crippen MR) is 66.6 cm³/mol. The summed E-state index contributed by atoms with van der Waals surface area (Å²) in [4.78, 5) is 0. The molecule has 0 atom stereocenters. The van der Waals surface area contributed by atoms with E-state index in [-0.39, 0.29) is 0 Å². The van der Waals surface area contributed by atoms with Crippen LogP contribution < -0.4 is 5.32 Å². The van der Waals surface area contributed by atoms with Gasteiger partial charge in [0.1, 0.15) is 0 Å². The SMILES string of the molecule is CC1(Cn2nnc3c2CCNC3)CCCCC1. The van der Waals surface area contributed by atoms with Crippen molar-refractivity contribution in [3.05, 3.63) is 11.4 Å². The van der Waals surface area contributed by atoms with Gasteiger partial charge in [0.05, 0.1) is 11.4 Å². The molecule has 3 rings (SSSR count). The Morgan fingerprint density at radius 3 is 2.94 bits per heavy atom. The van der Waals surface area contributed by atoms with Gasteiger partial charge in [-0.1, -0.05) is 31.4 Å². The van der Waals surface area contributed by atoms with Crippen LogP contribution in [0.2, 0.25) is 0 Å². The quantitative estimate of drug-likeness (QED) is 0.850. The lowest BCUT2D eigenvalue weighted by atomic mass is 9.76. The van der Waals surface area contributed by atoms with Gasteiger partial charge in [-0.2, -0.15) is 0 Å². The fourth-order valence-corrected chi connectivity index (χ4v) is 3.25. The van der Waals surface area contributed by atoms with Crippen LogP contribution in [0.25, 0.3) is 0 Å². The van der Waals surface area contributed by atoms with Gasteiger partial charge < -0.3 is 5.32 Å². The molecule has 2 heterocycles. The van der Waals surface area contributed by atoms with Crippen LogP contribution in [0, 0.1) is 5.41 Å². The average molecular weight is 234 g/mol. The summed E-state index contributed by atoms with van der Waals surface area (Å²) in [6.07, 6.45) is 7.96. The number of rotatable bonds is 2. The third-order valence-electron chi connectivity index (χ3n) is 4.34. The third kappa shape index (κ3) is 2.23. The smallest absolute Gasteiger partial charge is 0.0997 e. The van der Waals surface area contributed by atoms with Crippen molar-refractivity contribution in [2.24, 2.45) is 5.41 Å². The van der Waals surface area contributed by atoms with E-state index in [4.69, 9.17) is 0 Å². The maximum atomic E-state index is 4.36. The summed E-state index contributed by atoms with van der Waals surface area (Å²) in [7, 11) is 0. The molecule has 0 amide bonds. The molecular weight excluding hydrogens is 212 g/mol. The normalized spacial score (nSPS) is 23.4. The van der Waals surface area contributed by atoms with Gasteiger partial charge in [-0.3, -0.25) is 0 Å². The minimum absolute atomic E-state index is 0.449. The Kier molecular flexibility index (Phi) is 2.90. The van der Waals surface area contributed by atoms with Crippen molar-refractivity contribution < 1.29 is 0 Å². The molecule has 1 aromatic heterocycles. The van der Waals surface area contributed by atoms with E-state index in [1.54, 1.807) is 0 Å². The summed E-state index contributed by atoms with van der Waals surface area (Å²) in [5.74, 6) is 0. The van der Waals surface area contributed by atoms with Gasteiger partial charge >= 0.3 is 0 Å². The first kappa shape index (κ1) is 11.2. The van der Waals surface area contributed by atoms with Crippen LogP contribution in [0.4, 0.5) is 0 Å². The molecule has 1 N–H and O–H groups in total. The monoisotopic (exact) mass is 234 g/mol. The highest BCUT2D eigenvalue weighted by Crippen LogP contribution is 2.37. The van der Waals surface area contributed by atoms with Crippen LogP contribution in [-0.4, -0.2) is 21.5 Å². The Bertz CT molecular complexity index is 390. The molecule has 1 aliphatic carbocycles. The minimum Gasteiger partial charge on any atom is -0.311 e. The molecule has 1 aromatic rings. The Hall–Kier alpha value is -0.900. The van der Waals surface area contributed by atoms with Crippen LogP contribution in [0.15, 0.2) is 0 Å². The fraction of sp³-hybridized carbons (Fsp3) is 0.846. The Morgan fingerprint density at radius 1 is 1.29 bits per heavy atom. The van der Waals surface area contributed by atoms with Gasteiger partial charge in [-0.25, -0.2) is 4.68 Å². The maximum Gasteiger partial charge on any atom is 0.0997 e. The predicted octanol–water partition coefficient (Wildman–Crippen LogP) is 1.89. The molecule has 94 valence electrons. The number of hydrogen-bond acceptors (Lipinski definition) is 3. The molecule has 0 saturated heterocycles. The van der Waals surface area contributed by atoms with E-state index in [1.807, 2.05) is 0 Å². The topological polar surface area (TPSA) is 42.7 Å². The average Bonchev–Trinajstić information content (AvgIpc) is 2.73. The second-order valence-corrected chi connectivity index (χ2v) is 5.94. The molecule has 4 heteroatoms. The van der Waals surface area contributed by atoms with Crippen molar-refractivity contribution >= 4 is 0 Å². The zero-order chi connectivity index (χ0) is 11.7. The molecule has 17 heavy (non-hydrogen) atoms. The number of hydrogen-bond donors (Lipinski definition) is 1. The van der Waals surface area contributed by atoms with E-state index in [0.29, 0.717) is 5.41 Å². The van der Waals surface area contributed by atoms with E-state index in [2.05, 4.69) is 27.2 Å². The molecule has 0 radical (unpaired) electrons. The highest BCUT2D eigenvalue weighted by atomic mass is 15.4. The number of fused-ring (bicyclic) bond motifs is 1. The lowest BCUT2D eigenvalue weighted by molar-refractivity contribution is 0.172. The third-order valence-corrected chi connectivity index (χ3v) is 4.34. The van der Waals surface area contributed by atoms with E-state index in [1.165, 1.54) is 37.8 Å². The highest BCUT2D eigenvalue weighted by Gasteiger charge is 2.29. The van der Waals surface area contributed by atoms with Gasteiger partial charge in [0.2, 0.25) is 0 Å². The minimum atomic E-state index is 0.449. The largest absolute Gasteiger partial charge is 0.311 e. The molecule has 1 saturated carbocycles. The summed E-state index contributed by atoms with van der Waals surface area (Å²) in [5, 5.41) is 12.0. The zero-order valence-electron chi connectivity index (χ0n) is 10.7. The summed E-state index contributed by atoms with van der Waals surface area (Å²) < 4.78 is 2.18. The van der Waals surface area contributed by atoms with E-state index in [9.17, 15) is 0 Å². The lowest BCUT2D eigenvalue weighted by Gasteiger charge is -2.33. The summed E-state index contributed by atoms with van der Waals surface area (Å²) in [5.41, 5.74) is 2.98. The first-order valence-electron chi connectivity index (χ1n) is 6.89. The van der Waals surface area contributed by atoms with Crippen molar-refractivity contribution in [1.82, 2.24) is 20.3 Å². The molecule has 1 aliphatic heterocycles. The van der Waals surface area contributed by atoms with Crippen LogP contribution in [0.3, 0.4) is 0 Å². The molecule has 0 unspecified atom stereocenters. The highest BCUT2D eigenvalue weighted by molar-refractivity contribution is 5.13. The van der Waals surface area contributed by atoms with Crippen molar-refractivity contribution in [3.63, 3.8) is 0 Å². The molecule has 0 bridgehead atoms. The van der Waals surface area contributed by atoms with Gasteiger partial charge in [0.15, 0.2) is 0 Å². The number of nitrogens with one attached hydrogen (secondary N) is 1. The van der Waals surface area contributed by atoms with Crippen LogP contribution in [-0.2, 0) is 19.5 Å². The first-order valence-corrected chi connectivity index (χ1v) is 6.89. The maximum absolute atomic E-state index is 4.36. The van der Waals surface area contributed by atoms with Gasteiger partial charge in [0.25, 0.3) is 0 Å². The van der Waals surface area contributed by atoms with Crippen molar-refractivity contribution in [2.75, 3.05) is 6.54 Å². The van der Waals surface area contributed by atoms with E-state index >= 15 is 0 Å². The van der Waals surface area contributed by atoms with Crippen molar-refractivity contribution in [1.29, 1.82) is 0 Å². The summed E-state index contributed by atoms with van der Waals surface area (Å²) >= 11 is 0. The lowest BCUT2D eigenvalue weighted by Crippen LogP contribution is -2.30. The van der Waals surface area contributed by atoms with Crippen LogP contribution in [0.5, 0.6) is 0 Å². The van der Waals surface area contributed by atoms with Gasteiger partial charge in [-0.15, -0.1) is 5.10 Å². The molecular formula is C13H22N4. The van der Waals surface area contributed by atoms with Crippen LogP contribution in [0.1, 0.15) is 50.4 Å². The molecule has 0 spiro atoms. The molecule has 4 nitrogen and oxygen atoms in total. The number of aromatic nitrogens is 3. The zero-order valence-corrected chi connectivity index (χ0v) is 10.7. The van der Waals surface area contributed by atoms with E-state index < -0.39 is 0 Å². The Morgan fingerprint density at radius 2 is 2.12 bits per heavy atom. The Balaban J connectivity index is 1.78. The second-order valence-electron chi connectivity index (χ2n) is 5.94. The summed E-state index contributed by atoms with van der Waals surface area (Å²) in [6.45, 7) is 5.44. The molecule has 2 aliphatic rings. The Labute approximate surface area is 103 Å². The second kappa shape index (κ2) is 4.41. The summed E-state index contributed by atoms with van der Waals surface area (Å²) in [6, 6.07) is 0. The standard InChI is InChI=1S/C13H22N4/c1-13(6-3-2-4-7-13)10-17-12-5-8-14-9-11(12)15-16-17/h14H,2-10H2,1H3. The van der Waals surface area contributed by atoms with Gasteiger partial charge in [0, 0.05) is 26.1 Å². The van der Waals surface area contributed by atoms with Gasteiger partial charge in [-0.05, 0) is 18.3 Å². The number of nitrogens with zero attached hydrogens (tertiary/aromatic N) is 3.